The number of ether oxygens (including phenoxy) is 3. The van der Waals surface area contributed by atoms with Crippen LogP contribution in [0.1, 0.15) is 18.4 Å². The van der Waals surface area contributed by atoms with E-state index in [4.69, 9.17) is 19.9 Å². The van der Waals surface area contributed by atoms with Crippen molar-refractivity contribution in [2.24, 2.45) is 5.73 Å². The monoisotopic (exact) mass is 364 g/mol. The number of methoxy groups -OCH3 is 2. The SMILES string of the molecule is COc1cc2nccc(Oc3ccc(C4(C(N)=O)CC4)cc3)c2cc1OC. The molecule has 0 atom stereocenters. The highest BCUT2D eigenvalue weighted by Crippen LogP contribution is 2.48. The van der Waals surface area contributed by atoms with Gasteiger partial charge in [-0.05, 0) is 42.7 Å². The van der Waals surface area contributed by atoms with Crippen molar-refractivity contribution in [3.63, 3.8) is 0 Å². The standard InChI is InChI=1S/C21H20N2O4/c1-25-18-11-15-16(12-19(18)26-2)23-10-7-17(15)27-14-5-3-13(4-6-14)21(8-9-21)20(22)24/h3-7,10-12H,8-9H2,1-2H3,(H2,22,24). The summed E-state index contributed by atoms with van der Waals surface area (Å²) in [4.78, 5) is 16.1. The van der Waals surface area contributed by atoms with Crippen LogP contribution in [0.4, 0.5) is 0 Å². The molecule has 0 aliphatic heterocycles. The van der Waals surface area contributed by atoms with Crippen molar-refractivity contribution >= 4 is 16.8 Å². The summed E-state index contributed by atoms with van der Waals surface area (Å²) < 4.78 is 16.8. The quantitative estimate of drug-likeness (QED) is 0.723. The normalized spacial score (nSPS) is 14.6. The van der Waals surface area contributed by atoms with Crippen LogP contribution in [0, 0.1) is 0 Å². The molecule has 2 N–H and O–H groups in total. The van der Waals surface area contributed by atoms with Crippen molar-refractivity contribution in [2.75, 3.05) is 14.2 Å². The Morgan fingerprint density at radius 1 is 1.00 bits per heavy atom. The molecule has 0 radical (unpaired) electrons. The number of nitrogens with two attached hydrogens (primary N) is 1. The number of hydrogen-bond donors (Lipinski definition) is 1. The molecule has 2 aromatic carbocycles. The summed E-state index contributed by atoms with van der Waals surface area (Å²) in [7, 11) is 3.18. The zero-order chi connectivity index (χ0) is 19.0. The number of benzene rings is 2. The first-order valence-corrected chi connectivity index (χ1v) is 8.66. The molecular formula is C21H20N2O4. The predicted octanol–water partition coefficient (Wildman–Crippen LogP) is 3.56. The van der Waals surface area contributed by atoms with E-state index in [0.29, 0.717) is 23.0 Å². The van der Waals surface area contributed by atoms with Crippen molar-refractivity contribution in [1.82, 2.24) is 4.98 Å². The van der Waals surface area contributed by atoms with Crippen LogP contribution < -0.4 is 19.9 Å². The van der Waals surface area contributed by atoms with Crippen molar-refractivity contribution in [2.45, 2.75) is 18.3 Å². The second kappa shape index (κ2) is 6.46. The van der Waals surface area contributed by atoms with Crippen LogP contribution in [0.25, 0.3) is 10.9 Å². The molecule has 1 aliphatic carbocycles. The molecule has 6 nitrogen and oxygen atoms in total. The summed E-state index contributed by atoms with van der Waals surface area (Å²) in [5.74, 6) is 2.28. The molecular weight excluding hydrogens is 344 g/mol. The molecule has 1 fully saturated rings. The molecule has 4 rings (SSSR count). The average molecular weight is 364 g/mol. The van der Waals surface area contributed by atoms with Gasteiger partial charge in [-0.25, -0.2) is 0 Å². The van der Waals surface area contributed by atoms with Crippen LogP contribution in [0.2, 0.25) is 0 Å². The maximum Gasteiger partial charge on any atom is 0.228 e. The highest BCUT2D eigenvalue weighted by molar-refractivity contribution is 5.90. The van der Waals surface area contributed by atoms with Gasteiger partial charge in [0.25, 0.3) is 0 Å². The molecule has 0 spiro atoms. The fourth-order valence-electron chi connectivity index (χ4n) is 3.31. The van der Waals surface area contributed by atoms with Crippen molar-refractivity contribution in [3.8, 4) is 23.0 Å². The molecule has 1 heterocycles. The lowest BCUT2D eigenvalue weighted by Crippen LogP contribution is -2.28. The summed E-state index contributed by atoms with van der Waals surface area (Å²) in [6.45, 7) is 0. The molecule has 1 aromatic heterocycles. The molecule has 0 unspecified atom stereocenters. The van der Waals surface area contributed by atoms with Gasteiger partial charge in [-0.2, -0.15) is 0 Å². The first kappa shape index (κ1) is 17.1. The summed E-state index contributed by atoms with van der Waals surface area (Å²) in [6.07, 6.45) is 3.29. The van der Waals surface area contributed by atoms with Crippen LogP contribution >= 0.6 is 0 Å². The van der Waals surface area contributed by atoms with E-state index in [1.165, 1.54) is 0 Å². The summed E-state index contributed by atoms with van der Waals surface area (Å²) >= 11 is 0. The Morgan fingerprint density at radius 2 is 1.67 bits per heavy atom. The Labute approximate surface area is 156 Å². The minimum absolute atomic E-state index is 0.266. The van der Waals surface area contributed by atoms with E-state index in [9.17, 15) is 4.79 Å². The maximum atomic E-state index is 11.7. The van der Waals surface area contributed by atoms with Gasteiger partial charge in [0.05, 0.1) is 25.2 Å². The lowest BCUT2D eigenvalue weighted by molar-refractivity contribution is -0.120. The molecule has 0 saturated heterocycles. The minimum Gasteiger partial charge on any atom is -0.493 e. The number of amides is 1. The van der Waals surface area contributed by atoms with E-state index in [0.717, 1.165) is 29.3 Å². The van der Waals surface area contributed by atoms with Crippen LogP contribution in [-0.4, -0.2) is 25.1 Å². The third kappa shape index (κ3) is 2.93. The van der Waals surface area contributed by atoms with E-state index >= 15 is 0 Å². The Kier molecular flexibility index (Phi) is 4.11. The third-order valence-electron chi connectivity index (χ3n) is 5.06. The first-order valence-electron chi connectivity index (χ1n) is 8.66. The number of carbonyl (C=O) groups is 1. The highest BCUT2D eigenvalue weighted by atomic mass is 16.5. The number of nitrogens with zero attached hydrogens (tertiary/aromatic N) is 1. The molecule has 1 aliphatic rings. The lowest BCUT2D eigenvalue weighted by atomic mass is 9.95. The molecule has 1 saturated carbocycles. The zero-order valence-electron chi connectivity index (χ0n) is 15.2. The average Bonchev–Trinajstić information content (AvgIpc) is 3.50. The van der Waals surface area contributed by atoms with Crippen molar-refractivity contribution in [3.05, 3.63) is 54.2 Å². The van der Waals surface area contributed by atoms with Crippen LogP contribution in [0.15, 0.2) is 48.7 Å². The fraction of sp³-hybridized carbons (Fsp3) is 0.238. The first-order chi connectivity index (χ1) is 13.1. The molecule has 1 amide bonds. The lowest BCUT2D eigenvalue weighted by Gasteiger charge is -2.14. The predicted molar refractivity (Wildman–Crippen MR) is 101 cm³/mol. The van der Waals surface area contributed by atoms with Crippen molar-refractivity contribution < 1.29 is 19.0 Å². The summed E-state index contributed by atoms with van der Waals surface area (Å²) in [6, 6.07) is 13.0. The maximum absolute atomic E-state index is 11.7. The van der Waals surface area contributed by atoms with Crippen molar-refractivity contribution in [1.29, 1.82) is 0 Å². The Morgan fingerprint density at radius 3 is 2.26 bits per heavy atom. The number of pyridine rings is 1. The van der Waals surface area contributed by atoms with Gasteiger partial charge in [0, 0.05) is 17.6 Å². The van der Waals surface area contributed by atoms with Crippen LogP contribution in [0.3, 0.4) is 0 Å². The Hall–Kier alpha value is -3.28. The fourth-order valence-corrected chi connectivity index (χ4v) is 3.31. The van der Waals surface area contributed by atoms with Gasteiger partial charge in [0.1, 0.15) is 11.5 Å². The topological polar surface area (TPSA) is 83.7 Å². The number of hydrogen-bond acceptors (Lipinski definition) is 5. The second-order valence-electron chi connectivity index (χ2n) is 6.61. The van der Waals surface area contributed by atoms with Crippen LogP contribution in [-0.2, 0) is 10.2 Å². The Bertz CT molecular complexity index is 1010. The Balaban J connectivity index is 1.66. The van der Waals surface area contributed by atoms with Gasteiger partial charge in [-0.15, -0.1) is 0 Å². The van der Waals surface area contributed by atoms with E-state index in [1.807, 2.05) is 36.4 Å². The molecule has 6 heteroatoms. The number of primary amides is 1. The van der Waals surface area contributed by atoms with E-state index in [2.05, 4.69) is 4.98 Å². The largest absolute Gasteiger partial charge is 0.493 e. The van der Waals surface area contributed by atoms with E-state index in [-0.39, 0.29) is 5.91 Å². The van der Waals surface area contributed by atoms with E-state index in [1.54, 1.807) is 26.5 Å². The number of rotatable bonds is 6. The molecule has 0 bridgehead atoms. The molecule has 138 valence electrons. The summed E-state index contributed by atoms with van der Waals surface area (Å²) in [5.41, 5.74) is 6.73. The highest BCUT2D eigenvalue weighted by Gasteiger charge is 2.49. The third-order valence-corrected chi connectivity index (χ3v) is 5.06. The number of carbonyl (C=O) groups excluding carboxylic acids is 1. The smallest absolute Gasteiger partial charge is 0.228 e. The van der Waals surface area contributed by atoms with Gasteiger partial charge < -0.3 is 19.9 Å². The number of aromatic nitrogens is 1. The van der Waals surface area contributed by atoms with Gasteiger partial charge in [0.15, 0.2) is 11.5 Å². The number of fused-ring (bicyclic) bond motifs is 1. The van der Waals surface area contributed by atoms with Crippen LogP contribution in [0.5, 0.6) is 23.0 Å². The molecule has 27 heavy (non-hydrogen) atoms. The van der Waals surface area contributed by atoms with Gasteiger partial charge in [-0.1, -0.05) is 12.1 Å². The van der Waals surface area contributed by atoms with Gasteiger partial charge in [0.2, 0.25) is 5.91 Å². The van der Waals surface area contributed by atoms with Gasteiger partial charge in [-0.3, -0.25) is 9.78 Å². The minimum atomic E-state index is -0.494. The zero-order valence-corrected chi connectivity index (χ0v) is 15.2. The van der Waals surface area contributed by atoms with E-state index < -0.39 is 5.41 Å². The summed E-state index contributed by atoms with van der Waals surface area (Å²) in [5, 5.41) is 0.815. The second-order valence-corrected chi connectivity index (χ2v) is 6.61. The van der Waals surface area contributed by atoms with Gasteiger partial charge >= 0.3 is 0 Å². The molecule has 3 aromatic rings.